The topological polar surface area (TPSA) is 69.2 Å². The number of thioether (sulfide) groups is 1. The molecule has 7 nitrogen and oxygen atoms in total. The monoisotopic (exact) mass is 337 g/mol. The molecule has 1 aliphatic rings. The molecule has 0 bridgehead atoms. The van der Waals surface area contributed by atoms with Crippen molar-refractivity contribution < 1.29 is 9.26 Å². The summed E-state index contributed by atoms with van der Waals surface area (Å²) in [4.78, 5) is 2.25. The molecule has 0 amide bonds. The van der Waals surface area contributed by atoms with Gasteiger partial charge in [-0.25, -0.2) is 0 Å². The van der Waals surface area contributed by atoms with Gasteiger partial charge in [0.15, 0.2) is 5.16 Å². The molecule has 0 N–H and O–H groups in total. The maximum absolute atomic E-state index is 5.43. The van der Waals surface area contributed by atoms with Crippen molar-refractivity contribution in [2.24, 2.45) is 5.92 Å². The zero-order valence-electron chi connectivity index (χ0n) is 13.9. The van der Waals surface area contributed by atoms with Gasteiger partial charge in [-0.1, -0.05) is 30.8 Å². The van der Waals surface area contributed by atoms with E-state index in [4.69, 9.17) is 9.26 Å². The minimum atomic E-state index is 0.526. The van der Waals surface area contributed by atoms with Gasteiger partial charge in [0.05, 0.1) is 24.7 Å². The van der Waals surface area contributed by atoms with Gasteiger partial charge in [-0.15, -0.1) is 10.2 Å². The van der Waals surface area contributed by atoms with Crippen LogP contribution in [0.1, 0.15) is 25.3 Å². The molecule has 0 unspecified atom stereocenters. The molecule has 8 heteroatoms. The number of hydrogen-bond acceptors (Lipinski definition) is 7. The van der Waals surface area contributed by atoms with E-state index in [0.29, 0.717) is 11.7 Å². The maximum atomic E-state index is 5.43. The predicted molar refractivity (Wildman–Crippen MR) is 88.7 cm³/mol. The lowest BCUT2D eigenvalue weighted by atomic mass is 10.2. The van der Waals surface area contributed by atoms with E-state index in [1.165, 1.54) is 0 Å². The molecule has 3 rings (SSSR count). The lowest BCUT2D eigenvalue weighted by molar-refractivity contribution is 0.121. The van der Waals surface area contributed by atoms with Crippen LogP contribution < -0.4 is 4.90 Å². The third kappa shape index (κ3) is 4.06. The van der Waals surface area contributed by atoms with E-state index < -0.39 is 0 Å². The average Bonchev–Trinajstić information content (AvgIpc) is 3.12. The van der Waals surface area contributed by atoms with E-state index in [9.17, 15) is 0 Å². The Morgan fingerprint density at radius 1 is 1.26 bits per heavy atom. The number of hydrogen-bond donors (Lipinski definition) is 0. The first kappa shape index (κ1) is 16.3. The van der Waals surface area contributed by atoms with Crippen molar-refractivity contribution in [1.82, 2.24) is 19.9 Å². The predicted octanol–water partition coefficient (Wildman–Crippen LogP) is 2.36. The Bertz CT molecular complexity index is 634. The minimum absolute atomic E-state index is 0.526. The van der Waals surface area contributed by atoms with Crippen LogP contribution in [0.3, 0.4) is 0 Å². The smallest absolute Gasteiger partial charge is 0.228 e. The third-order valence-electron chi connectivity index (χ3n) is 3.56. The molecule has 0 radical (unpaired) electrons. The Morgan fingerprint density at radius 2 is 2.04 bits per heavy atom. The summed E-state index contributed by atoms with van der Waals surface area (Å²) in [5.41, 5.74) is 0.901. The molecule has 1 aliphatic heterocycles. The van der Waals surface area contributed by atoms with Crippen molar-refractivity contribution in [2.75, 3.05) is 31.2 Å². The number of aromatic nitrogens is 4. The second-order valence-electron chi connectivity index (χ2n) is 6.11. The maximum Gasteiger partial charge on any atom is 0.228 e. The van der Waals surface area contributed by atoms with E-state index >= 15 is 0 Å². The van der Waals surface area contributed by atoms with Gasteiger partial charge in [-0.2, -0.15) is 0 Å². The highest BCUT2D eigenvalue weighted by atomic mass is 32.2. The fourth-order valence-electron chi connectivity index (χ4n) is 2.53. The van der Waals surface area contributed by atoms with Crippen molar-refractivity contribution in [2.45, 2.75) is 38.2 Å². The molecule has 2 aromatic heterocycles. The molecule has 0 spiro atoms. The van der Waals surface area contributed by atoms with Crippen LogP contribution in [0.25, 0.3) is 0 Å². The van der Waals surface area contributed by atoms with Crippen molar-refractivity contribution in [3.63, 3.8) is 0 Å². The SMILES string of the molecule is Cc1cc(CSc2nnc(N3CCOCC3)n2CC(C)C)on1. The van der Waals surface area contributed by atoms with Crippen molar-refractivity contribution in [1.29, 1.82) is 0 Å². The molecule has 2 aromatic rings. The summed E-state index contributed by atoms with van der Waals surface area (Å²) in [6.07, 6.45) is 0. The van der Waals surface area contributed by atoms with Crippen LogP contribution >= 0.6 is 11.8 Å². The average molecular weight is 337 g/mol. The number of aryl methyl sites for hydroxylation is 1. The number of anilines is 1. The van der Waals surface area contributed by atoms with E-state index in [2.05, 4.69) is 38.7 Å². The van der Waals surface area contributed by atoms with Crippen molar-refractivity contribution in [3.8, 4) is 0 Å². The molecular weight excluding hydrogens is 314 g/mol. The van der Waals surface area contributed by atoms with Crippen molar-refractivity contribution >= 4 is 17.7 Å². The van der Waals surface area contributed by atoms with E-state index in [1.54, 1.807) is 11.8 Å². The molecule has 0 aliphatic carbocycles. The first-order valence-corrected chi connectivity index (χ1v) is 8.93. The quantitative estimate of drug-likeness (QED) is 0.749. The van der Waals surface area contributed by atoms with Gasteiger partial charge >= 0.3 is 0 Å². The fourth-order valence-corrected chi connectivity index (χ4v) is 3.35. The van der Waals surface area contributed by atoms with Gasteiger partial charge in [-0.05, 0) is 12.8 Å². The Labute approximate surface area is 140 Å². The number of nitrogens with zero attached hydrogens (tertiary/aromatic N) is 5. The molecule has 1 fully saturated rings. The van der Waals surface area contributed by atoms with Crippen LogP contribution in [0.15, 0.2) is 15.7 Å². The van der Waals surface area contributed by atoms with Crippen LogP contribution in [0, 0.1) is 12.8 Å². The second kappa shape index (κ2) is 7.35. The van der Waals surface area contributed by atoms with Gasteiger partial charge in [0.25, 0.3) is 0 Å². The standard InChI is InChI=1S/C15H23N5O2S/c1-11(2)9-20-14(19-4-6-21-7-5-19)16-17-15(20)23-10-13-8-12(3)18-22-13/h8,11H,4-7,9-10H2,1-3H3. The third-order valence-corrected chi connectivity index (χ3v) is 4.55. The number of rotatable bonds is 6. The summed E-state index contributed by atoms with van der Waals surface area (Å²) in [5, 5.41) is 13.7. The number of morpholine rings is 1. The summed E-state index contributed by atoms with van der Waals surface area (Å²) in [6, 6.07) is 1.96. The highest BCUT2D eigenvalue weighted by Crippen LogP contribution is 2.26. The van der Waals surface area contributed by atoms with Gasteiger partial charge in [-0.3, -0.25) is 4.57 Å². The molecule has 126 valence electrons. The highest BCUT2D eigenvalue weighted by Gasteiger charge is 2.21. The van der Waals surface area contributed by atoms with E-state index in [-0.39, 0.29) is 0 Å². The largest absolute Gasteiger partial charge is 0.378 e. The Hall–Kier alpha value is -1.54. The summed E-state index contributed by atoms with van der Waals surface area (Å²) >= 11 is 1.64. The van der Waals surface area contributed by atoms with Gasteiger partial charge < -0.3 is 14.2 Å². The first-order valence-electron chi connectivity index (χ1n) is 7.94. The molecular formula is C15H23N5O2S. The van der Waals surface area contributed by atoms with Crippen LogP contribution in [0.5, 0.6) is 0 Å². The first-order chi connectivity index (χ1) is 11.1. The normalized spacial score (nSPS) is 15.6. The molecule has 3 heterocycles. The van der Waals surface area contributed by atoms with Gasteiger partial charge in [0.2, 0.25) is 5.95 Å². The van der Waals surface area contributed by atoms with Gasteiger partial charge in [0.1, 0.15) is 5.76 Å². The zero-order valence-corrected chi connectivity index (χ0v) is 14.7. The van der Waals surface area contributed by atoms with Crippen LogP contribution in [-0.4, -0.2) is 46.2 Å². The Balaban J connectivity index is 1.76. The van der Waals surface area contributed by atoms with Crippen LogP contribution in [0.2, 0.25) is 0 Å². The second-order valence-corrected chi connectivity index (χ2v) is 7.05. The molecule has 0 atom stereocenters. The van der Waals surface area contributed by atoms with Crippen molar-refractivity contribution in [3.05, 3.63) is 17.5 Å². The summed E-state index contributed by atoms with van der Waals surface area (Å²) in [6.45, 7) is 10.5. The summed E-state index contributed by atoms with van der Waals surface area (Å²) < 4.78 is 12.9. The van der Waals surface area contributed by atoms with E-state index in [1.807, 2.05) is 13.0 Å². The number of ether oxygens (including phenoxy) is 1. The highest BCUT2D eigenvalue weighted by molar-refractivity contribution is 7.98. The molecule has 0 saturated carbocycles. The summed E-state index contributed by atoms with van der Waals surface area (Å²) in [5.74, 6) is 3.04. The molecule has 0 aromatic carbocycles. The lowest BCUT2D eigenvalue weighted by Crippen LogP contribution is -2.38. The Morgan fingerprint density at radius 3 is 2.70 bits per heavy atom. The lowest BCUT2D eigenvalue weighted by Gasteiger charge is -2.28. The molecule has 23 heavy (non-hydrogen) atoms. The van der Waals surface area contributed by atoms with Gasteiger partial charge in [0, 0.05) is 25.7 Å². The van der Waals surface area contributed by atoms with Crippen LogP contribution in [0.4, 0.5) is 5.95 Å². The van der Waals surface area contributed by atoms with Crippen LogP contribution in [-0.2, 0) is 17.0 Å². The minimum Gasteiger partial charge on any atom is -0.378 e. The van der Waals surface area contributed by atoms with E-state index in [0.717, 1.165) is 55.4 Å². The summed E-state index contributed by atoms with van der Waals surface area (Å²) in [7, 11) is 0. The zero-order chi connectivity index (χ0) is 16.2. The fraction of sp³-hybridized carbons (Fsp3) is 0.667. The molecule has 1 saturated heterocycles. The Kier molecular flexibility index (Phi) is 5.22.